The number of amidine groups is 1. The number of hydrogen-bond acceptors (Lipinski definition) is 6. The van der Waals surface area contributed by atoms with Crippen LogP contribution in [-0.4, -0.2) is 33.6 Å². The first-order valence-electron chi connectivity index (χ1n) is 7.17. The first kappa shape index (κ1) is 17.2. The summed E-state index contributed by atoms with van der Waals surface area (Å²) in [6.07, 6.45) is 1.14. The van der Waals surface area contributed by atoms with Crippen molar-refractivity contribution in [1.29, 1.82) is 0 Å². The number of thioether (sulfide) groups is 1. The zero-order valence-corrected chi connectivity index (χ0v) is 14.3. The first-order chi connectivity index (χ1) is 12.0. The highest BCUT2D eigenvalue weighted by Gasteiger charge is 2.32. The Balaban J connectivity index is 1.65. The maximum absolute atomic E-state index is 11.6. The fraction of sp³-hybridized carbons (Fsp3) is 0.125. The molecular weight excluding hydrogens is 366 g/mol. The number of carboxylic acid groups (broad SMARTS) is 1. The molecule has 0 unspecified atom stereocenters. The van der Waals surface area contributed by atoms with Crippen LogP contribution in [0.15, 0.2) is 51.0 Å². The highest BCUT2D eigenvalue weighted by atomic mass is 35.5. The van der Waals surface area contributed by atoms with Gasteiger partial charge in [0.2, 0.25) is 5.91 Å². The Morgan fingerprint density at radius 2 is 2.24 bits per heavy atom. The van der Waals surface area contributed by atoms with E-state index in [4.69, 9.17) is 21.1 Å². The molecule has 1 amide bonds. The minimum absolute atomic E-state index is 0.258. The van der Waals surface area contributed by atoms with Crippen molar-refractivity contribution in [1.82, 2.24) is 5.32 Å². The summed E-state index contributed by atoms with van der Waals surface area (Å²) in [5.41, 5.74) is 0.841. The van der Waals surface area contributed by atoms with Crippen molar-refractivity contribution in [2.24, 2.45) is 10.2 Å². The van der Waals surface area contributed by atoms with Gasteiger partial charge in [-0.05, 0) is 24.3 Å². The van der Waals surface area contributed by atoms with E-state index in [1.165, 1.54) is 6.21 Å². The number of rotatable bonds is 5. The molecule has 1 saturated heterocycles. The van der Waals surface area contributed by atoms with Gasteiger partial charge in [-0.2, -0.15) is 5.10 Å². The molecule has 1 atom stereocenters. The maximum Gasteiger partial charge on any atom is 0.305 e. The third-order valence-corrected chi connectivity index (χ3v) is 4.51. The van der Waals surface area contributed by atoms with Crippen molar-refractivity contribution in [3.63, 3.8) is 0 Å². The van der Waals surface area contributed by atoms with Gasteiger partial charge in [0.05, 0.1) is 12.6 Å². The smallest absolute Gasteiger partial charge is 0.305 e. The van der Waals surface area contributed by atoms with Gasteiger partial charge in [0.1, 0.15) is 16.8 Å². The molecule has 2 N–H and O–H groups in total. The predicted octanol–water partition coefficient (Wildman–Crippen LogP) is 3.00. The number of halogens is 1. The van der Waals surface area contributed by atoms with E-state index in [1.807, 2.05) is 12.1 Å². The fourth-order valence-electron chi connectivity index (χ4n) is 2.10. The largest absolute Gasteiger partial charge is 0.481 e. The average Bonchev–Trinajstić information content (AvgIpc) is 3.15. The monoisotopic (exact) mass is 377 g/mol. The normalized spacial score (nSPS) is 18.8. The third-order valence-electron chi connectivity index (χ3n) is 3.21. The lowest BCUT2D eigenvalue weighted by atomic mass is 10.2. The van der Waals surface area contributed by atoms with E-state index >= 15 is 0 Å². The van der Waals surface area contributed by atoms with E-state index in [9.17, 15) is 9.59 Å². The number of hydrogen-bond donors (Lipinski definition) is 2. The van der Waals surface area contributed by atoms with Crippen LogP contribution in [0.25, 0.3) is 11.3 Å². The van der Waals surface area contributed by atoms with E-state index in [1.54, 1.807) is 24.3 Å². The molecule has 3 rings (SSSR count). The second-order valence-corrected chi connectivity index (χ2v) is 6.68. The van der Waals surface area contributed by atoms with Crippen LogP contribution in [0.2, 0.25) is 5.02 Å². The average molecular weight is 378 g/mol. The number of benzene rings is 1. The van der Waals surface area contributed by atoms with Crippen LogP contribution in [0, 0.1) is 0 Å². The number of aliphatic carboxylic acids is 1. The van der Waals surface area contributed by atoms with Crippen LogP contribution in [0.1, 0.15) is 12.2 Å². The van der Waals surface area contributed by atoms with Crippen LogP contribution < -0.4 is 5.32 Å². The second kappa shape index (κ2) is 7.54. The Labute approximate surface area is 151 Å². The van der Waals surface area contributed by atoms with Gasteiger partial charge >= 0.3 is 5.97 Å². The minimum atomic E-state index is -1.04. The zero-order chi connectivity index (χ0) is 17.8. The highest BCUT2D eigenvalue weighted by molar-refractivity contribution is 8.15. The number of nitrogens with zero attached hydrogens (tertiary/aromatic N) is 2. The molecule has 0 bridgehead atoms. The second-order valence-electron chi connectivity index (χ2n) is 5.06. The summed E-state index contributed by atoms with van der Waals surface area (Å²) >= 11 is 6.99. The Hall–Kier alpha value is -2.58. The Morgan fingerprint density at radius 1 is 1.40 bits per heavy atom. The first-order valence-corrected chi connectivity index (χ1v) is 8.43. The standard InChI is InChI=1S/C16H12ClN3O4S/c17-10-3-1-2-9(6-10)12-5-4-11(24-12)8-18-20-16-19-15(23)13(25-16)7-14(21)22/h1-6,8,13H,7H2,(H,21,22)(H,19,20,23)/b18-8-/t13-/m1/s1. The number of carbonyl (C=O) groups excluding carboxylic acids is 1. The summed E-state index contributed by atoms with van der Waals surface area (Å²) in [7, 11) is 0. The Kier molecular flexibility index (Phi) is 5.20. The van der Waals surface area contributed by atoms with Crippen molar-refractivity contribution in [3.05, 3.63) is 47.2 Å². The van der Waals surface area contributed by atoms with Crippen molar-refractivity contribution in [2.75, 3.05) is 0 Å². The molecule has 0 radical (unpaired) electrons. The molecule has 1 fully saturated rings. The summed E-state index contributed by atoms with van der Waals surface area (Å²) in [5, 5.41) is 19.1. The predicted molar refractivity (Wildman–Crippen MR) is 96.0 cm³/mol. The van der Waals surface area contributed by atoms with Gasteiger partial charge in [-0.1, -0.05) is 35.5 Å². The molecule has 0 spiro atoms. The third kappa shape index (κ3) is 4.49. The zero-order valence-electron chi connectivity index (χ0n) is 12.7. The molecule has 7 nitrogen and oxygen atoms in total. The van der Waals surface area contributed by atoms with Crippen LogP contribution in [0.3, 0.4) is 0 Å². The Bertz CT molecular complexity index is 878. The van der Waals surface area contributed by atoms with Gasteiger partial charge < -0.3 is 14.8 Å². The van der Waals surface area contributed by atoms with Crippen molar-refractivity contribution >= 4 is 46.6 Å². The molecule has 128 valence electrons. The van der Waals surface area contributed by atoms with Gasteiger partial charge in [-0.15, -0.1) is 5.10 Å². The Morgan fingerprint density at radius 3 is 3.00 bits per heavy atom. The van der Waals surface area contributed by atoms with E-state index in [0.29, 0.717) is 16.5 Å². The van der Waals surface area contributed by atoms with Crippen LogP contribution in [-0.2, 0) is 9.59 Å². The molecule has 9 heteroatoms. The molecule has 1 aromatic carbocycles. The SMILES string of the molecule is O=C(O)C[C@H]1S/C(=N/N=C\c2ccc(-c3cccc(Cl)c3)o2)NC1=O. The van der Waals surface area contributed by atoms with Gasteiger partial charge in [-0.3, -0.25) is 9.59 Å². The van der Waals surface area contributed by atoms with Gasteiger partial charge in [0.15, 0.2) is 5.17 Å². The number of amides is 1. The minimum Gasteiger partial charge on any atom is -0.481 e. The lowest BCUT2D eigenvalue weighted by Gasteiger charge is -1.97. The molecule has 1 aliphatic heterocycles. The van der Waals surface area contributed by atoms with Gasteiger partial charge in [0.25, 0.3) is 0 Å². The quantitative estimate of drug-likeness (QED) is 0.615. The summed E-state index contributed by atoms with van der Waals surface area (Å²) in [4.78, 5) is 22.2. The lowest BCUT2D eigenvalue weighted by Crippen LogP contribution is -2.26. The van der Waals surface area contributed by atoms with Crippen molar-refractivity contribution < 1.29 is 19.1 Å². The van der Waals surface area contributed by atoms with E-state index in [0.717, 1.165) is 17.3 Å². The lowest BCUT2D eigenvalue weighted by molar-refractivity contribution is -0.138. The van der Waals surface area contributed by atoms with Crippen molar-refractivity contribution in [2.45, 2.75) is 11.7 Å². The molecule has 0 saturated carbocycles. The summed E-state index contributed by atoms with van der Waals surface area (Å²) in [6.45, 7) is 0. The van der Waals surface area contributed by atoms with E-state index < -0.39 is 11.2 Å². The number of furan rings is 1. The number of nitrogens with one attached hydrogen (secondary N) is 1. The van der Waals surface area contributed by atoms with Crippen LogP contribution in [0.5, 0.6) is 0 Å². The summed E-state index contributed by atoms with van der Waals surface area (Å²) in [6, 6.07) is 10.8. The molecular formula is C16H12ClN3O4S. The molecule has 2 aromatic rings. The highest BCUT2D eigenvalue weighted by Crippen LogP contribution is 2.25. The van der Waals surface area contributed by atoms with Gasteiger partial charge in [-0.25, -0.2) is 0 Å². The summed E-state index contributed by atoms with van der Waals surface area (Å²) < 4.78 is 5.64. The number of carboxylic acids is 1. The van der Waals surface area contributed by atoms with E-state index in [2.05, 4.69) is 15.5 Å². The molecule has 2 heterocycles. The van der Waals surface area contributed by atoms with Crippen LogP contribution >= 0.6 is 23.4 Å². The molecule has 0 aliphatic carbocycles. The summed E-state index contributed by atoms with van der Waals surface area (Å²) in [5.74, 6) is -0.304. The van der Waals surface area contributed by atoms with Crippen molar-refractivity contribution in [3.8, 4) is 11.3 Å². The van der Waals surface area contributed by atoms with Gasteiger partial charge in [0, 0.05) is 10.6 Å². The van der Waals surface area contributed by atoms with E-state index in [-0.39, 0.29) is 17.5 Å². The molecule has 25 heavy (non-hydrogen) atoms. The topological polar surface area (TPSA) is 104 Å². The number of carbonyl (C=O) groups is 2. The molecule has 1 aromatic heterocycles. The fourth-order valence-corrected chi connectivity index (χ4v) is 3.21. The molecule has 1 aliphatic rings. The maximum atomic E-state index is 11.6. The van der Waals surface area contributed by atoms with Crippen LogP contribution in [0.4, 0.5) is 0 Å².